The van der Waals surface area contributed by atoms with Crippen LogP contribution in [0, 0.1) is 0 Å². The molecule has 0 bridgehead atoms. The summed E-state index contributed by atoms with van der Waals surface area (Å²) in [7, 11) is -0.536. The van der Waals surface area contributed by atoms with Crippen molar-refractivity contribution in [3.63, 3.8) is 0 Å². The van der Waals surface area contributed by atoms with Crippen LogP contribution in [0.1, 0.15) is 43.9 Å². The minimum Gasteiger partial charge on any atom is -0.497 e. The van der Waals surface area contributed by atoms with Gasteiger partial charge in [0.25, 0.3) is 0 Å². The molecular weight excluding hydrogens is 404 g/mol. The molecule has 2 rings (SSSR count). The largest absolute Gasteiger partial charge is 0.497 e. The lowest BCUT2D eigenvalue weighted by molar-refractivity contribution is -0.120. The third-order valence-electron chi connectivity index (χ3n) is 4.82. The molecule has 8 heteroatoms. The molecule has 0 aliphatic carbocycles. The van der Waals surface area contributed by atoms with E-state index in [1.54, 1.807) is 51.5 Å². The van der Waals surface area contributed by atoms with Crippen LogP contribution in [-0.4, -0.2) is 41.3 Å². The molecule has 0 aliphatic rings. The maximum absolute atomic E-state index is 12.7. The van der Waals surface area contributed by atoms with E-state index in [2.05, 4.69) is 19.2 Å². The third-order valence-corrected chi connectivity index (χ3v) is 5.96. The Hall–Kier alpha value is -2.74. The number of hydrogen-bond donors (Lipinski definition) is 1. The number of benzene rings is 2. The first-order valence-electron chi connectivity index (χ1n) is 9.65. The van der Waals surface area contributed by atoms with Gasteiger partial charge in [0.05, 0.1) is 32.2 Å². The average molecular weight is 435 g/mol. The predicted molar refractivity (Wildman–Crippen MR) is 119 cm³/mol. The van der Waals surface area contributed by atoms with Crippen molar-refractivity contribution >= 4 is 21.6 Å². The van der Waals surface area contributed by atoms with Crippen molar-refractivity contribution in [2.75, 3.05) is 31.3 Å². The molecule has 1 atom stereocenters. The van der Waals surface area contributed by atoms with Gasteiger partial charge in [-0.3, -0.25) is 9.10 Å². The molecule has 0 spiro atoms. The van der Waals surface area contributed by atoms with E-state index < -0.39 is 22.0 Å². The summed E-state index contributed by atoms with van der Waals surface area (Å²) in [5.74, 6) is 1.14. The number of anilines is 1. The second-order valence-electron chi connectivity index (χ2n) is 7.41. The van der Waals surface area contributed by atoms with Crippen LogP contribution >= 0.6 is 0 Å². The van der Waals surface area contributed by atoms with Crippen LogP contribution in [0.2, 0.25) is 0 Å². The summed E-state index contributed by atoms with van der Waals surface area (Å²) >= 11 is 0. The van der Waals surface area contributed by atoms with Crippen LogP contribution in [0.15, 0.2) is 42.5 Å². The Kier molecular flexibility index (Phi) is 7.72. The van der Waals surface area contributed by atoms with Gasteiger partial charge in [-0.25, -0.2) is 8.42 Å². The fourth-order valence-corrected chi connectivity index (χ4v) is 3.96. The van der Waals surface area contributed by atoms with Gasteiger partial charge in [0, 0.05) is 5.56 Å². The number of nitrogens with zero attached hydrogens (tertiary/aromatic N) is 1. The maximum atomic E-state index is 12.7. The van der Waals surface area contributed by atoms with Crippen LogP contribution in [0.3, 0.4) is 0 Å². The second kappa shape index (κ2) is 9.84. The summed E-state index contributed by atoms with van der Waals surface area (Å²) in [6.07, 6.45) is 1.09. The number of hydrogen-bond acceptors (Lipinski definition) is 5. The lowest BCUT2D eigenvalue weighted by Gasteiger charge is -2.24. The minimum absolute atomic E-state index is 0.323. The van der Waals surface area contributed by atoms with Crippen molar-refractivity contribution in [2.24, 2.45) is 0 Å². The molecule has 1 N–H and O–H groups in total. The van der Waals surface area contributed by atoms with Crippen molar-refractivity contribution in [2.45, 2.75) is 32.7 Å². The lowest BCUT2D eigenvalue weighted by atomic mass is 10.0. The summed E-state index contributed by atoms with van der Waals surface area (Å²) in [6.45, 7) is 5.60. The molecule has 0 heterocycles. The highest BCUT2D eigenvalue weighted by atomic mass is 32.2. The molecule has 7 nitrogen and oxygen atoms in total. The molecule has 164 valence electrons. The van der Waals surface area contributed by atoms with E-state index in [0.717, 1.165) is 21.7 Å². The van der Waals surface area contributed by atoms with Gasteiger partial charge in [0.1, 0.15) is 18.0 Å². The molecule has 0 fully saturated rings. The highest BCUT2D eigenvalue weighted by Crippen LogP contribution is 2.29. The van der Waals surface area contributed by atoms with Gasteiger partial charge >= 0.3 is 0 Å². The maximum Gasteiger partial charge on any atom is 0.241 e. The molecule has 0 aliphatic heterocycles. The number of nitrogens with one attached hydrogen (secondary N) is 1. The van der Waals surface area contributed by atoms with Crippen LogP contribution in [0.4, 0.5) is 5.69 Å². The van der Waals surface area contributed by atoms with Crippen LogP contribution in [0.25, 0.3) is 0 Å². The third kappa shape index (κ3) is 5.89. The molecule has 0 aromatic heterocycles. The standard InChI is InChI=1S/C22H30N2O5S/c1-15(2)17-7-9-18(10-8-17)24(30(6,26)27)14-22(25)23-16(3)20-13-19(28-4)11-12-21(20)29-5/h7-13,15-16H,14H2,1-6H3,(H,23,25). The normalized spacial score (nSPS) is 12.4. The summed E-state index contributed by atoms with van der Waals surface area (Å²) in [5, 5.41) is 2.84. The van der Waals surface area contributed by atoms with E-state index in [1.807, 2.05) is 12.1 Å². The van der Waals surface area contributed by atoms with E-state index in [9.17, 15) is 13.2 Å². The molecule has 0 saturated heterocycles. The Morgan fingerprint density at radius 2 is 1.67 bits per heavy atom. The summed E-state index contributed by atoms with van der Waals surface area (Å²) in [4.78, 5) is 12.7. The molecule has 30 heavy (non-hydrogen) atoms. The van der Waals surface area contributed by atoms with Crippen molar-refractivity contribution in [1.29, 1.82) is 0 Å². The van der Waals surface area contributed by atoms with Crippen molar-refractivity contribution in [3.8, 4) is 11.5 Å². The lowest BCUT2D eigenvalue weighted by Crippen LogP contribution is -2.41. The zero-order chi connectivity index (χ0) is 22.5. The molecular formula is C22H30N2O5S. The van der Waals surface area contributed by atoms with E-state index in [1.165, 1.54) is 0 Å². The van der Waals surface area contributed by atoms with Crippen LogP contribution in [0.5, 0.6) is 11.5 Å². The number of sulfonamides is 1. The highest BCUT2D eigenvalue weighted by Gasteiger charge is 2.23. The number of carbonyl (C=O) groups is 1. The summed E-state index contributed by atoms with van der Waals surface area (Å²) < 4.78 is 36.4. The van der Waals surface area contributed by atoms with Gasteiger partial charge in [-0.05, 0) is 48.7 Å². The fraction of sp³-hybridized carbons (Fsp3) is 0.409. The molecule has 1 amide bonds. The molecule has 2 aromatic carbocycles. The first-order chi connectivity index (χ1) is 14.1. The topological polar surface area (TPSA) is 84.9 Å². The van der Waals surface area contributed by atoms with Crippen molar-refractivity contribution in [3.05, 3.63) is 53.6 Å². The van der Waals surface area contributed by atoms with Gasteiger partial charge in [0.2, 0.25) is 15.9 Å². The Morgan fingerprint density at radius 3 is 2.17 bits per heavy atom. The average Bonchev–Trinajstić information content (AvgIpc) is 2.70. The van der Waals surface area contributed by atoms with Gasteiger partial charge in [-0.15, -0.1) is 0 Å². The van der Waals surface area contributed by atoms with Gasteiger partial charge in [-0.2, -0.15) is 0 Å². The zero-order valence-corrected chi connectivity index (χ0v) is 19.1. The monoisotopic (exact) mass is 434 g/mol. The summed E-state index contributed by atoms with van der Waals surface area (Å²) in [6, 6.07) is 12.1. The van der Waals surface area contributed by atoms with Gasteiger partial charge < -0.3 is 14.8 Å². The zero-order valence-electron chi connectivity index (χ0n) is 18.3. The van der Waals surface area contributed by atoms with E-state index in [0.29, 0.717) is 23.1 Å². The Balaban J connectivity index is 2.21. The second-order valence-corrected chi connectivity index (χ2v) is 9.32. The number of rotatable bonds is 9. The van der Waals surface area contributed by atoms with E-state index >= 15 is 0 Å². The number of amides is 1. The Morgan fingerprint density at radius 1 is 1.03 bits per heavy atom. The number of methoxy groups -OCH3 is 2. The van der Waals surface area contributed by atoms with Gasteiger partial charge in [-0.1, -0.05) is 26.0 Å². The highest BCUT2D eigenvalue weighted by molar-refractivity contribution is 7.92. The predicted octanol–water partition coefficient (Wildman–Crippen LogP) is 3.47. The Labute approximate surface area is 179 Å². The molecule has 0 radical (unpaired) electrons. The van der Waals surface area contributed by atoms with Crippen molar-refractivity contribution < 1.29 is 22.7 Å². The quantitative estimate of drug-likeness (QED) is 0.653. The summed E-state index contributed by atoms with van der Waals surface area (Å²) in [5.41, 5.74) is 2.27. The van der Waals surface area contributed by atoms with Crippen LogP contribution < -0.4 is 19.1 Å². The SMILES string of the molecule is COc1ccc(OC)c(C(C)NC(=O)CN(c2ccc(C(C)C)cc2)S(C)(=O)=O)c1. The van der Waals surface area contributed by atoms with Crippen LogP contribution in [-0.2, 0) is 14.8 Å². The first-order valence-corrected chi connectivity index (χ1v) is 11.5. The van der Waals surface area contributed by atoms with Crippen molar-refractivity contribution in [1.82, 2.24) is 5.32 Å². The molecule has 0 saturated carbocycles. The molecule has 2 aromatic rings. The number of ether oxygens (including phenoxy) is 2. The minimum atomic E-state index is -3.64. The van der Waals surface area contributed by atoms with Gasteiger partial charge in [0.15, 0.2) is 0 Å². The molecule has 1 unspecified atom stereocenters. The van der Waals surface area contributed by atoms with E-state index in [-0.39, 0.29) is 6.54 Å². The first kappa shape index (κ1) is 23.5. The Bertz CT molecular complexity index is 972. The fourth-order valence-electron chi connectivity index (χ4n) is 3.10. The smallest absolute Gasteiger partial charge is 0.241 e. The van der Waals surface area contributed by atoms with E-state index in [4.69, 9.17) is 9.47 Å². The number of carbonyl (C=O) groups excluding carboxylic acids is 1.